The summed E-state index contributed by atoms with van der Waals surface area (Å²) < 4.78 is 10.7. The largest absolute Gasteiger partial charge is 0.461 e. The highest BCUT2D eigenvalue weighted by Gasteiger charge is 2.16. The van der Waals surface area contributed by atoms with Gasteiger partial charge in [0.05, 0.1) is 11.9 Å². The molecule has 3 N–H and O–H groups in total. The summed E-state index contributed by atoms with van der Waals surface area (Å²) in [6.45, 7) is 7.83. The van der Waals surface area contributed by atoms with Crippen LogP contribution in [0.2, 0.25) is 0 Å². The van der Waals surface area contributed by atoms with Gasteiger partial charge in [-0.1, -0.05) is 0 Å². The SMILES string of the molecule is CCNC(=NCc1nc(-c2ccco2)n[nH]1)NCC(C)(C)OC. The molecule has 0 aliphatic carbocycles. The van der Waals surface area contributed by atoms with Crippen molar-refractivity contribution in [2.75, 3.05) is 20.2 Å². The number of H-pyrrole nitrogens is 1. The van der Waals surface area contributed by atoms with Gasteiger partial charge in [0.25, 0.3) is 0 Å². The summed E-state index contributed by atoms with van der Waals surface area (Å²) in [5, 5.41) is 13.4. The first-order valence-corrected chi connectivity index (χ1v) is 7.56. The second-order valence-electron chi connectivity index (χ2n) is 5.60. The molecule has 2 aromatic heterocycles. The standard InChI is InChI=1S/C15H24N6O2/c1-5-16-14(18-10-15(2,3)22-4)17-9-12-19-13(21-20-12)11-7-6-8-23-11/h6-8H,5,9-10H2,1-4H3,(H2,16,17,18)(H,19,20,21). The number of aromatic nitrogens is 3. The molecule has 0 fully saturated rings. The molecule has 0 saturated carbocycles. The Morgan fingerprint density at radius 1 is 1.43 bits per heavy atom. The van der Waals surface area contributed by atoms with Crippen molar-refractivity contribution in [3.63, 3.8) is 0 Å². The van der Waals surface area contributed by atoms with Gasteiger partial charge in [-0.05, 0) is 32.9 Å². The van der Waals surface area contributed by atoms with Gasteiger partial charge in [0.15, 0.2) is 11.7 Å². The molecule has 8 heteroatoms. The van der Waals surface area contributed by atoms with Crippen LogP contribution >= 0.6 is 0 Å². The molecule has 8 nitrogen and oxygen atoms in total. The summed E-state index contributed by atoms with van der Waals surface area (Å²) in [6, 6.07) is 3.61. The van der Waals surface area contributed by atoms with E-state index in [1.165, 1.54) is 0 Å². The molecule has 0 bridgehead atoms. The van der Waals surface area contributed by atoms with Crippen LogP contribution in [0.25, 0.3) is 11.6 Å². The molecule has 0 aliphatic heterocycles. The van der Waals surface area contributed by atoms with Crippen LogP contribution in [0, 0.1) is 0 Å². The Morgan fingerprint density at radius 3 is 2.91 bits per heavy atom. The van der Waals surface area contributed by atoms with Crippen LogP contribution in [0.15, 0.2) is 27.8 Å². The Kier molecular flexibility index (Phi) is 5.75. The molecule has 2 aromatic rings. The molecule has 0 unspecified atom stereocenters. The molecule has 0 radical (unpaired) electrons. The van der Waals surface area contributed by atoms with E-state index in [-0.39, 0.29) is 5.60 Å². The number of rotatable bonds is 7. The zero-order valence-corrected chi connectivity index (χ0v) is 14.0. The fourth-order valence-corrected chi connectivity index (χ4v) is 1.75. The summed E-state index contributed by atoms with van der Waals surface area (Å²) in [7, 11) is 1.69. The first-order chi connectivity index (χ1) is 11.0. The molecule has 2 heterocycles. The van der Waals surface area contributed by atoms with Crippen molar-refractivity contribution in [2.24, 2.45) is 4.99 Å². The molecule has 0 aromatic carbocycles. The van der Waals surface area contributed by atoms with E-state index in [1.54, 1.807) is 19.4 Å². The topological polar surface area (TPSA) is 100 Å². The highest BCUT2D eigenvalue weighted by Crippen LogP contribution is 2.14. The van der Waals surface area contributed by atoms with Crippen LogP contribution in [0.4, 0.5) is 0 Å². The summed E-state index contributed by atoms with van der Waals surface area (Å²) in [5.41, 5.74) is -0.269. The second-order valence-corrected chi connectivity index (χ2v) is 5.60. The molecular weight excluding hydrogens is 296 g/mol. The average molecular weight is 320 g/mol. The van der Waals surface area contributed by atoms with E-state index < -0.39 is 0 Å². The van der Waals surface area contributed by atoms with Crippen LogP contribution in [0.1, 0.15) is 26.6 Å². The van der Waals surface area contributed by atoms with Crippen LogP contribution in [0.3, 0.4) is 0 Å². The van der Waals surface area contributed by atoms with Crippen molar-refractivity contribution < 1.29 is 9.15 Å². The lowest BCUT2D eigenvalue weighted by molar-refractivity contribution is 0.0268. The quantitative estimate of drug-likeness (QED) is 0.528. The van der Waals surface area contributed by atoms with Crippen molar-refractivity contribution in [2.45, 2.75) is 32.9 Å². The summed E-state index contributed by atoms with van der Waals surface area (Å²) >= 11 is 0. The second kappa shape index (κ2) is 7.77. The maximum Gasteiger partial charge on any atom is 0.216 e. The molecule has 0 spiro atoms. The minimum atomic E-state index is -0.269. The summed E-state index contributed by atoms with van der Waals surface area (Å²) in [6.07, 6.45) is 1.59. The Bertz CT molecular complexity index is 618. The zero-order chi connectivity index (χ0) is 16.7. The van der Waals surface area contributed by atoms with Gasteiger partial charge in [0.1, 0.15) is 12.4 Å². The Morgan fingerprint density at radius 2 is 2.26 bits per heavy atom. The van der Waals surface area contributed by atoms with Crippen molar-refractivity contribution in [1.29, 1.82) is 0 Å². The fraction of sp³-hybridized carbons (Fsp3) is 0.533. The van der Waals surface area contributed by atoms with E-state index in [0.717, 1.165) is 6.54 Å². The first kappa shape index (κ1) is 17.0. The van der Waals surface area contributed by atoms with Crippen molar-refractivity contribution in [1.82, 2.24) is 25.8 Å². The highest BCUT2D eigenvalue weighted by atomic mass is 16.5. The van der Waals surface area contributed by atoms with Crippen molar-refractivity contribution in [3.05, 3.63) is 24.2 Å². The van der Waals surface area contributed by atoms with Crippen LogP contribution < -0.4 is 10.6 Å². The molecule has 2 rings (SSSR count). The number of hydrogen-bond donors (Lipinski definition) is 3. The van der Waals surface area contributed by atoms with Gasteiger partial charge >= 0.3 is 0 Å². The lowest BCUT2D eigenvalue weighted by Gasteiger charge is -2.24. The van der Waals surface area contributed by atoms with E-state index in [4.69, 9.17) is 9.15 Å². The van der Waals surface area contributed by atoms with Gasteiger partial charge in [0.2, 0.25) is 5.82 Å². The maximum absolute atomic E-state index is 5.39. The number of aromatic amines is 1. The van der Waals surface area contributed by atoms with Gasteiger partial charge in [0, 0.05) is 20.2 Å². The van der Waals surface area contributed by atoms with Crippen LogP contribution in [0.5, 0.6) is 0 Å². The smallest absolute Gasteiger partial charge is 0.216 e. The number of nitrogens with zero attached hydrogens (tertiary/aromatic N) is 3. The molecule has 23 heavy (non-hydrogen) atoms. The Hall–Kier alpha value is -2.35. The minimum absolute atomic E-state index is 0.269. The third-order valence-electron chi connectivity index (χ3n) is 3.24. The Balaban J connectivity index is 1.97. The van der Waals surface area contributed by atoms with E-state index >= 15 is 0 Å². The molecular formula is C15H24N6O2. The highest BCUT2D eigenvalue weighted by molar-refractivity contribution is 5.79. The van der Waals surface area contributed by atoms with Gasteiger partial charge in [-0.2, -0.15) is 0 Å². The molecule has 0 saturated heterocycles. The minimum Gasteiger partial charge on any atom is -0.461 e. The number of nitrogens with one attached hydrogen (secondary N) is 3. The fourth-order valence-electron chi connectivity index (χ4n) is 1.75. The van der Waals surface area contributed by atoms with Gasteiger partial charge < -0.3 is 19.8 Å². The number of methoxy groups -OCH3 is 1. The average Bonchev–Trinajstić information content (AvgIpc) is 3.20. The number of hydrogen-bond acceptors (Lipinski definition) is 5. The predicted octanol–water partition coefficient (Wildman–Crippen LogP) is 1.54. The van der Waals surface area contributed by atoms with Crippen LogP contribution in [-0.2, 0) is 11.3 Å². The number of guanidine groups is 1. The maximum atomic E-state index is 5.39. The lowest BCUT2D eigenvalue weighted by atomic mass is 10.1. The third-order valence-corrected chi connectivity index (χ3v) is 3.24. The molecule has 0 amide bonds. The van der Waals surface area contributed by atoms with Crippen molar-refractivity contribution in [3.8, 4) is 11.6 Å². The van der Waals surface area contributed by atoms with Gasteiger partial charge in [-0.3, -0.25) is 5.10 Å². The monoisotopic (exact) mass is 320 g/mol. The Labute approximate surface area is 135 Å². The lowest BCUT2D eigenvalue weighted by Crippen LogP contribution is -2.45. The number of furan rings is 1. The summed E-state index contributed by atoms with van der Waals surface area (Å²) in [5.74, 6) is 2.52. The van der Waals surface area contributed by atoms with E-state index in [2.05, 4.69) is 30.8 Å². The normalized spacial score (nSPS) is 12.4. The van der Waals surface area contributed by atoms with E-state index in [9.17, 15) is 0 Å². The molecule has 0 atom stereocenters. The number of aliphatic imine (C=N–C) groups is 1. The van der Waals surface area contributed by atoms with Crippen LogP contribution in [-0.4, -0.2) is 46.9 Å². The van der Waals surface area contributed by atoms with Crippen molar-refractivity contribution >= 4 is 5.96 Å². The summed E-state index contributed by atoms with van der Waals surface area (Å²) in [4.78, 5) is 8.85. The van der Waals surface area contributed by atoms with E-state index in [0.29, 0.717) is 36.5 Å². The predicted molar refractivity (Wildman–Crippen MR) is 88.0 cm³/mol. The zero-order valence-electron chi connectivity index (χ0n) is 14.0. The molecule has 126 valence electrons. The third kappa shape index (κ3) is 5.10. The number of ether oxygens (including phenoxy) is 1. The molecule has 0 aliphatic rings. The van der Waals surface area contributed by atoms with Gasteiger partial charge in [-0.15, -0.1) is 5.10 Å². The first-order valence-electron chi connectivity index (χ1n) is 7.56. The van der Waals surface area contributed by atoms with Gasteiger partial charge in [-0.25, -0.2) is 9.98 Å². The van der Waals surface area contributed by atoms with E-state index in [1.807, 2.05) is 26.8 Å².